The van der Waals surface area contributed by atoms with E-state index in [-0.39, 0.29) is 5.91 Å². The minimum atomic E-state index is -0.143. The van der Waals surface area contributed by atoms with Crippen molar-refractivity contribution in [2.75, 3.05) is 46.2 Å². The number of anilines is 1. The van der Waals surface area contributed by atoms with E-state index in [9.17, 15) is 4.79 Å². The molecule has 6 nitrogen and oxygen atoms in total. The number of ether oxygens (including phenoxy) is 1. The molecule has 0 aliphatic heterocycles. The quantitative estimate of drug-likeness (QED) is 0.795. The summed E-state index contributed by atoms with van der Waals surface area (Å²) in [6, 6.07) is 11.3. The summed E-state index contributed by atoms with van der Waals surface area (Å²) in [6.45, 7) is 1.92. The topological polar surface area (TPSA) is 57.7 Å². The molecule has 0 saturated heterocycles. The molecule has 0 aliphatic rings. The molecule has 1 N–H and O–H groups in total. The standard InChI is InChI=1S/C19H26N4O2/c1-22(2)11-12-25-16-8-5-7-15(13-16)14-21-19(24)17-9-6-10-20-18(17)23(3)4/h5-10,13H,11-12,14H2,1-4H3,(H,21,24). The van der Waals surface area contributed by atoms with E-state index in [2.05, 4.69) is 15.2 Å². The van der Waals surface area contributed by atoms with Crippen molar-refractivity contribution >= 4 is 11.7 Å². The molecule has 0 fully saturated rings. The monoisotopic (exact) mass is 342 g/mol. The lowest BCUT2D eigenvalue weighted by Gasteiger charge is -2.15. The summed E-state index contributed by atoms with van der Waals surface area (Å²) < 4.78 is 5.73. The number of carbonyl (C=O) groups excluding carboxylic acids is 1. The number of carbonyl (C=O) groups is 1. The van der Waals surface area contributed by atoms with E-state index in [0.717, 1.165) is 17.9 Å². The molecule has 0 saturated carbocycles. The zero-order valence-corrected chi connectivity index (χ0v) is 15.3. The normalized spacial score (nSPS) is 10.6. The van der Waals surface area contributed by atoms with Crippen LogP contribution in [0.1, 0.15) is 15.9 Å². The molecule has 25 heavy (non-hydrogen) atoms. The number of aromatic nitrogens is 1. The van der Waals surface area contributed by atoms with Gasteiger partial charge in [-0.25, -0.2) is 4.98 Å². The molecule has 0 unspecified atom stereocenters. The Balaban J connectivity index is 1.96. The second-order valence-electron chi connectivity index (χ2n) is 6.25. The zero-order chi connectivity index (χ0) is 18.2. The number of benzene rings is 1. The second-order valence-corrected chi connectivity index (χ2v) is 6.25. The van der Waals surface area contributed by atoms with Gasteiger partial charge < -0.3 is 19.9 Å². The van der Waals surface area contributed by atoms with Crippen molar-refractivity contribution in [3.63, 3.8) is 0 Å². The van der Waals surface area contributed by atoms with Crippen molar-refractivity contribution in [3.05, 3.63) is 53.7 Å². The van der Waals surface area contributed by atoms with Gasteiger partial charge in [0, 0.05) is 33.4 Å². The molecule has 1 amide bonds. The Morgan fingerprint density at radius 2 is 1.96 bits per heavy atom. The number of nitrogens with one attached hydrogen (secondary N) is 1. The highest BCUT2D eigenvalue weighted by Crippen LogP contribution is 2.16. The minimum absolute atomic E-state index is 0.143. The highest BCUT2D eigenvalue weighted by atomic mass is 16.5. The van der Waals surface area contributed by atoms with Crippen LogP contribution in [0, 0.1) is 0 Å². The number of pyridine rings is 1. The Bertz CT molecular complexity index is 701. The third kappa shape index (κ3) is 5.76. The number of rotatable bonds is 8. The molecule has 0 aliphatic carbocycles. The first-order valence-electron chi connectivity index (χ1n) is 8.24. The van der Waals surface area contributed by atoms with Crippen molar-refractivity contribution in [1.82, 2.24) is 15.2 Å². The average molecular weight is 342 g/mol. The van der Waals surface area contributed by atoms with Gasteiger partial charge in [-0.1, -0.05) is 12.1 Å². The predicted molar refractivity (Wildman–Crippen MR) is 100 cm³/mol. The van der Waals surface area contributed by atoms with E-state index in [4.69, 9.17) is 4.74 Å². The Labute approximate surface area is 149 Å². The zero-order valence-electron chi connectivity index (χ0n) is 15.3. The van der Waals surface area contributed by atoms with Gasteiger partial charge in [-0.2, -0.15) is 0 Å². The Kier molecular flexibility index (Phi) is 6.77. The van der Waals surface area contributed by atoms with E-state index < -0.39 is 0 Å². The van der Waals surface area contributed by atoms with E-state index in [0.29, 0.717) is 24.5 Å². The lowest BCUT2D eigenvalue weighted by atomic mass is 10.2. The predicted octanol–water partition coefficient (Wildman–Crippen LogP) is 2.02. The molecule has 1 heterocycles. The van der Waals surface area contributed by atoms with Gasteiger partial charge in [-0.3, -0.25) is 4.79 Å². The van der Waals surface area contributed by atoms with Gasteiger partial charge in [-0.05, 0) is 43.9 Å². The molecule has 6 heteroatoms. The maximum Gasteiger partial charge on any atom is 0.255 e. The van der Waals surface area contributed by atoms with Crippen molar-refractivity contribution in [1.29, 1.82) is 0 Å². The van der Waals surface area contributed by atoms with E-state index in [1.54, 1.807) is 18.3 Å². The van der Waals surface area contributed by atoms with Crippen LogP contribution in [0.3, 0.4) is 0 Å². The van der Waals surface area contributed by atoms with Gasteiger partial charge in [0.05, 0.1) is 5.56 Å². The average Bonchev–Trinajstić information content (AvgIpc) is 2.59. The molecule has 0 bridgehead atoms. The summed E-state index contributed by atoms with van der Waals surface area (Å²) in [5.41, 5.74) is 1.55. The summed E-state index contributed by atoms with van der Waals surface area (Å²) in [5, 5.41) is 2.94. The molecule has 134 valence electrons. The van der Waals surface area contributed by atoms with E-state index >= 15 is 0 Å². The number of hydrogen-bond donors (Lipinski definition) is 1. The summed E-state index contributed by atoms with van der Waals surface area (Å²) >= 11 is 0. The fraction of sp³-hybridized carbons (Fsp3) is 0.368. The van der Waals surface area contributed by atoms with Crippen LogP contribution in [0.5, 0.6) is 5.75 Å². The Morgan fingerprint density at radius 3 is 2.68 bits per heavy atom. The van der Waals surface area contributed by atoms with Crippen molar-refractivity contribution in [2.24, 2.45) is 0 Å². The van der Waals surface area contributed by atoms with E-state index in [1.165, 1.54) is 0 Å². The van der Waals surface area contributed by atoms with Gasteiger partial charge in [0.25, 0.3) is 5.91 Å². The van der Waals surface area contributed by atoms with Crippen molar-refractivity contribution < 1.29 is 9.53 Å². The lowest BCUT2D eigenvalue weighted by Crippen LogP contribution is -2.26. The second kappa shape index (κ2) is 9.03. The third-order valence-corrected chi connectivity index (χ3v) is 3.61. The Morgan fingerprint density at radius 1 is 1.16 bits per heavy atom. The van der Waals surface area contributed by atoms with Gasteiger partial charge in [0.2, 0.25) is 0 Å². The SMILES string of the molecule is CN(C)CCOc1cccc(CNC(=O)c2cccnc2N(C)C)c1. The van der Waals surface area contributed by atoms with Gasteiger partial charge >= 0.3 is 0 Å². The van der Waals surface area contributed by atoms with Crippen molar-refractivity contribution in [2.45, 2.75) is 6.54 Å². The smallest absolute Gasteiger partial charge is 0.255 e. The number of amides is 1. The largest absolute Gasteiger partial charge is 0.492 e. The first-order valence-corrected chi connectivity index (χ1v) is 8.24. The molecule has 2 aromatic rings. The molecule has 0 atom stereocenters. The molecular formula is C19H26N4O2. The molecular weight excluding hydrogens is 316 g/mol. The van der Waals surface area contributed by atoms with Gasteiger partial charge in [0.1, 0.15) is 18.2 Å². The third-order valence-electron chi connectivity index (χ3n) is 3.61. The van der Waals surface area contributed by atoms with Crippen LogP contribution in [0.15, 0.2) is 42.6 Å². The molecule has 2 rings (SSSR count). The van der Waals surface area contributed by atoms with Crippen LogP contribution in [-0.4, -0.2) is 57.1 Å². The summed E-state index contributed by atoms with van der Waals surface area (Å²) in [5.74, 6) is 1.32. The molecule has 0 spiro atoms. The fourth-order valence-corrected chi connectivity index (χ4v) is 2.30. The van der Waals surface area contributed by atoms with Gasteiger partial charge in [0.15, 0.2) is 0 Å². The molecule has 1 aromatic carbocycles. The number of likely N-dealkylation sites (N-methyl/N-ethyl adjacent to an activating group) is 1. The first kappa shape index (κ1) is 18.7. The van der Waals surface area contributed by atoms with Crippen LogP contribution >= 0.6 is 0 Å². The highest BCUT2D eigenvalue weighted by molar-refractivity contribution is 5.98. The fourth-order valence-electron chi connectivity index (χ4n) is 2.30. The summed E-state index contributed by atoms with van der Waals surface area (Å²) in [6.07, 6.45) is 1.68. The first-order chi connectivity index (χ1) is 12.0. The maximum absolute atomic E-state index is 12.5. The Hall–Kier alpha value is -2.60. The molecule has 1 aromatic heterocycles. The van der Waals surface area contributed by atoms with Crippen LogP contribution in [0.4, 0.5) is 5.82 Å². The molecule has 0 radical (unpaired) electrons. The van der Waals surface area contributed by atoms with Crippen LogP contribution in [0.25, 0.3) is 0 Å². The minimum Gasteiger partial charge on any atom is -0.492 e. The van der Waals surface area contributed by atoms with Crippen LogP contribution in [-0.2, 0) is 6.54 Å². The van der Waals surface area contributed by atoms with Crippen LogP contribution in [0.2, 0.25) is 0 Å². The van der Waals surface area contributed by atoms with Gasteiger partial charge in [-0.15, -0.1) is 0 Å². The summed E-state index contributed by atoms with van der Waals surface area (Å²) in [4.78, 5) is 20.6. The number of nitrogens with zero attached hydrogens (tertiary/aromatic N) is 3. The van der Waals surface area contributed by atoms with Crippen molar-refractivity contribution in [3.8, 4) is 5.75 Å². The van der Waals surface area contributed by atoms with E-state index in [1.807, 2.05) is 57.4 Å². The highest BCUT2D eigenvalue weighted by Gasteiger charge is 2.13. The summed E-state index contributed by atoms with van der Waals surface area (Å²) in [7, 11) is 7.76. The number of hydrogen-bond acceptors (Lipinski definition) is 5. The maximum atomic E-state index is 12.5. The lowest BCUT2D eigenvalue weighted by molar-refractivity contribution is 0.0951. The van der Waals surface area contributed by atoms with Crippen LogP contribution < -0.4 is 15.0 Å².